The van der Waals surface area contributed by atoms with Crippen LogP contribution in [0.2, 0.25) is 0 Å². The molecule has 0 aromatic rings. The van der Waals surface area contributed by atoms with E-state index in [2.05, 4.69) is 33.0 Å². The molecule has 0 saturated carbocycles. The average molecular weight is 214 g/mol. The zero-order valence-electron chi connectivity index (χ0n) is 10.7. The van der Waals surface area contributed by atoms with E-state index in [9.17, 15) is 4.79 Å². The van der Waals surface area contributed by atoms with Gasteiger partial charge in [-0.05, 0) is 25.2 Å². The van der Waals surface area contributed by atoms with E-state index in [-0.39, 0.29) is 18.0 Å². The molecule has 0 aliphatic rings. The van der Waals surface area contributed by atoms with Crippen LogP contribution in [-0.2, 0) is 4.79 Å². The maximum absolute atomic E-state index is 11.7. The minimum absolute atomic E-state index is 0.0171. The molecule has 15 heavy (non-hydrogen) atoms. The zero-order valence-corrected chi connectivity index (χ0v) is 10.7. The van der Waals surface area contributed by atoms with Crippen molar-refractivity contribution in [2.24, 2.45) is 17.6 Å². The molecule has 0 aromatic heterocycles. The monoisotopic (exact) mass is 214 g/mol. The van der Waals surface area contributed by atoms with Gasteiger partial charge in [0.1, 0.15) is 0 Å². The fourth-order valence-electron chi connectivity index (χ4n) is 1.44. The molecular weight excluding hydrogens is 188 g/mol. The molecule has 0 fully saturated rings. The Morgan fingerprint density at radius 3 is 2.20 bits per heavy atom. The third-order valence-corrected chi connectivity index (χ3v) is 2.93. The van der Waals surface area contributed by atoms with Gasteiger partial charge in [0.15, 0.2) is 0 Å². The normalized spacial score (nSPS) is 17.3. The number of hydrogen-bond donors (Lipinski definition) is 2. The molecule has 1 amide bonds. The number of nitrogens with two attached hydrogens (primary N) is 1. The molecule has 0 aliphatic carbocycles. The predicted octanol–water partition coefficient (Wildman–Crippen LogP) is 1.91. The first-order chi connectivity index (χ1) is 6.88. The highest BCUT2D eigenvalue weighted by atomic mass is 16.2. The Bertz CT molecular complexity index is 192. The van der Waals surface area contributed by atoms with Gasteiger partial charge in [-0.25, -0.2) is 0 Å². The summed E-state index contributed by atoms with van der Waals surface area (Å²) >= 11 is 0. The Balaban J connectivity index is 4.01. The summed E-state index contributed by atoms with van der Waals surface area (Å²) < 4.78 is 0. The molecule has 3 N–H and O–H groups in total. The van der Waals surface area contributed by atoms with E-state index in [1.807, 2.05) is 6.92 Å². The third kappa shape index (κ3) is 5.78. The summed E-state index contributed by atoms with van der Waals surface area (Å²) in [5.41, 5.74) is 5.80. The number of amides is 1. The summed E-state index contributed by atoms with van der Waals surface area (Å²) in [4.78, 5) is 11.7. The van der Waals surface area contributed by atoms with Crippen LogP contribution in [0, 0.1) is 11.8 Å². The van der Waals surface area contributed by atoms with E-state index in [4.69, 9.17) is 5.73 Å². The molecule has 0 spiro atoms. The lowest BCUT2D eigenvalue weighted by Crippen LogP contribution is -2.46. The largest absolute Gasteiger partial charge is 0.352 e. The highest BCUT2D eigenvalue weighted by Crippen LogP contribution is 2.08. The van der Waals surface area contributed by atoms with E-state index in [0.29, 0.717) is 11.8 Å². The third-order valence-electron chi connectivity index (χ3n) is 2.93. The Labute approximate surface area is 93.8 Å². The summed E-state index contributed by atoms with van der Waals surface area (Å²) in [6.45, 7) is 10.4. The van der Waals surface area contributed by atoms with Crippen LogP contribution in [0.25, 0.3) is 0 Å². The van der Waals surface area contributed by atoms with Crippen molar-refractivity contribution in [2.45, 2.75) is 59.5 Å². The van der Waals surface area contributed by atoms with Gasteiger partial charge < -0.3 is 11.1 Å². The number of hydrogen-bond acceptors (Lipinski definition) is 2. The topological polar surface area (TPSA) is 55.1 Å². The highest BCUT2D eigenvalue weighted by molar-refractivity contribution is 5.81. The van der Waals surface area contributed by atoms with Crippen molar-refractivity contribution in [3.63, 3.8) is 0 Å². The standard InChI is InChI=1S/C12H26N2O/c1-6-9(4)10(5)14-12(15)11(13)7-8(2)3/h8-11H,6-7,13H2,1-5H3,(H,14,15)/t9?,10?,11-/m1/s1. The summed E-state index contributed by atoms with van der Waals surface area (Å²) in [7, 11) is 0. The molecule has 90 valence electrons. The van der Waals surface area contributed by atoms with Crippen LogP contribution in [-0.4, -0.2) is 18.0 Å². The number of carbonyl (C=O) groups is 1. The van der Waals surface area contributed by atoms with Crippen molar-refractivity contribution in [1.29, 1.82) is 0 Å². The fraction of sp³-hybridized carbons (Fsp3) is 0.917. The second-order valence-corrected chi connectivity index (χ2v) is 4.92. The average Bonchev–Trinajstić information content (AvgIpc) is 2.15. The predicted molar refractivity (Wildman–Crippen MR) is 64.5 cm³/mol. The van der Waals surface area contributed by atoms with Gasteiger partial charge in [-0.15, -0.1) is 0 Å². The van der Waals surface area contributed by atoms with Gasteiger partial charge in [0.05, 0.1) is 6.04 Å². The summed E-state index contributed by atoms with van der Waals surface area (Å²) in [5, 5.41) is 2.97. The quantitative estimate of drug-likeness (QED) is 0.709. The smallest absolute Gasteiger partial charge is 0.237 e. The van der Waals surface area contributed by atoms with Crippen molar-refractivity contribution >= 4 is 5.91 Å². The van der Waals surface area contributed by atoms with E-state index < -0.39 is 0 Å². The maximum atomic E-state index is 11.7. The Kier molecular flexibility index (Phi) is 6.57. The number of rotatable bonds is 6. The first-order valence-electron chi connectivity index (χ1n) is 5.94. The van der Waals surface area contributed by atoms with Gasteiger partial charge in [-0.2, -0.15) is 0 Å². The van der Waals surface area contributed by atoms with Crippen molar-refractivity contribution in [1.82, 2.24) is 5.32 Å². The van der Waals surface area contributed by atoms with Crippen molar-refractivity contribution in [2.75, 3.05) is 0 Å². The number of nitrogens with one attached hydrogen (secondary N) is 1. The first kappa shape index (κ1) is 14.4. The Morgan fingerprint density at radius 2 is 1.80 bits per heavy atom. The van der Waals surface area contributed by atoms with Crippen LogP contribution in [0.1, 0.15) is 47.5 Å². The second kappa shape index (κ2) is 6.83. The zero-order chi connectivity index (χ0) is 12.0. The summed E-state index contributed by atoms with van der Waals surface area (Å²) in [5.74, 6) is 0.946. The van der Waals surface area contributed by atoms with E-state index in [1.165, 1.54) is 0 Å². The Morgan fingerprint density at radius 1 is 1.27 bits per heavy atom. The lowest BCUT2D eigenvalue weighted by atomic mass is 9.99. The lowest BCUT2D eigenvalue weighted by molar-refractivity contribution is -0.123. The maximum Gasteiger partial charge on any atom is 0.237 e. The van der Waals surface area contributed by atoms with Crippen LogP contribution in [0.3, 0.4) is 0 Å². The minimum Gasteiger partial charge on any atom is -0.352 e. The fourth-order valence-corrected chi connectivity index (χ4v) is 1.44. The lowest BCUT2D eigenvalue weighted by Gasteiger charge is -2.22. The molecule has 3 heteroatoms. The Hall–Kier alpha value is -0.570. The van der Waals surface area contributed by atoms with E-state index in [1.54, 1.807) is 0 Å². The molecule has 0 saturated heterocycles. The van der Waals surface area contributed by atoms with E-state index in [0.717, 1.165) is 12.8 Å². The SMILES string of the molecule is CCC(C)C(C)NC(=O)[C@H](N)CC(C)C. The molecule has 0 aromatic carbocycles. The molecule has 3 nitrogen and oxygen atoms in total. The van der Waals surface area contributed by atoms with Crippen LogP contribution in [0.15, 0.2) is 0 Å². The second-order valence-electron chi connectivity index (χ2n) is 4.92. The van der Waals surface area contributed by atoms with Gasteiger partial charge >= 0.3 is 0 Å². The molecule has 0 radical (unpaired) electrons. The van der Waals surface area contributed by atoms with Crippen molar-refractivity contribution in [3.8, 4) is 0 Å². The first-order valence-corrected chi connectivity index (χ1v) is 5.94. The molecule has 2 unspecified atom stereocenters. The summed E-state index contributed by atoms with van der Waals surface area (Å²) in [6.07, 6.45) is 1.82. The van der Waals surface area contributed by atoms with Gasteiger partial charge in [-0.3, -0.25) is 4.79 Å². The molecule has 0 heterocycles. The van der Waals surface area contributed by atoms with Gasteiger partial charge in [0.25, 0.3) is 0 Å². The van der Waals surface area contributed by atoms with Crippen LogP contribution < -0.4 is 11.1 Å². The molecular formula is C12H26N2O. The molecule has 0 aliphatic heterocycles. The van der Waals surface area contributed by atoms with E-state index >= 15 is 0 Å². The van der Waals surface area contributed by atoms with Gasteiger partial charge in [0.2, 0.25) is 5.91 Å². The minimum atomic E-state index is -0.364. The molecule has 3 atom stereocenters. The van der Waals surface area contributed by atoms with Gasteiger partial charge in [-0.1, -0.05) is 34.1 Å². The molecule has 0 rings (SSSR count). The van der Waals surface area contributed by atoms with Crippen LogP contribution >= 0.6 is 0 Å². The van der Waals surface area contributed by atoms with Crippen LogP contribution in [0.5, 0.6) is 0 Å². The molecule has 0 bridgehead atoms. The highest BCUT2D eigenvalue weighted by Gasteiger charge is 2.18. The van der Waals surface area contributed by atoms with Crippen molar-refractivity contribution in [3.05, 3.63) is 0 Å². The van der Waals surface area contributed by atoms with Crippen molar-refractivity contribution < 1.29 is 4.79 Å². The van der Waals surface area contributed by atoms with Gasteiger partial charge in [0, 0.05) is 6.04 Å². The summed E-state index contributed by atoms with van der Waals surface area (Å²) in [6, 6.07) is -0.155. The van der Waals surface area contributed by atoms with Crippen LogP contribution in [0.4, 0.5) is 0 Å². The number of carbonyl (C=O) groups excluding carboxylic acids is 1.